The molecule has 1 fully saturated rings. The first-order chi connectivity index (χ1) is 12.3. The topological polar surface area (TPSA) is 83.3 Å². The smallest absolute Gasteiger partial charge is 0.410 e. The van der Waals surface area contributed by atoms with E-state index in [1.54, 1.807) is 49.0 Å². The van der Waals surface area contributed by atoms with Gasteiger partial charge in [-0.3, -0.25) is 9.59 Å². The molecule has 0 N–H and O–H groups in total. The number of rotatable bonds is 6. The van der Waals surface area contributed by atoms with E-state index in [1.165, 1.54) is 4.90 Å². The second-order valence-electron chi connectivity index (χ2n) is 7.25. The average molecular weight is 365 g/mol. The number of nitrogens with zero attached hydrogens (tertiary/aromatic N) is 3. The van der Waals surface area contributed by atoms with Crippen molar-refractivity contribution in [3.8, 4) is 0 Å². The molecule has 1 aromatic rings. The fourth-order valence-corrected chi connectivity index (χ4v) is 2.62. The van der Waals surface area contributed by atoms with Gasteiger partial charge in [-0.05, 0) is 32.9 Å². The van der Waals surface area contributed by atoms with Gasteiger partial charge in [0.2, 0.25) is 12.3 Å². The minimum atomic E-state index is -0.617. The van der Waals surface area contributed by atoms with Crippen LogP contribution in [0.1, 0.15) is 33.0 Å². The average Bonchev–Trinajstić information content (AvgIpc) is 3.10. The minimum absolute atomic E-state index is 0.0384. The van der Waals surface area contributed by atoms with Gasteiger partial charge in [-0.2, -0.15) is 0 Å². The third-order valence-corrected chi connectivity index (χ3v) is 3.99. The van der Waals surface area contributed by atoms with Gasteiger partial charge in [-0.1, -0.05) is 0 Å². The zero-order chi connectivity index (χ0) is 19.2. The van der Waals surface area contributed by atoms with Crippen molar-refractivity contribution in [2.75, 3.05) is 32.7 Å². The molecule has 2 heterocycles. The summed E-state index contributed by atoms with van der Waals surface area (Å²) in [6.45, 7) is 7.99. The van der Waals surface area contributed by atoms with Crippen LogP contribution in [0.15, 0.2) is 22.8 Å². The second-order valence-corrected chi connectivity index (χ2v) is 7.25. The highest BCUT2D eigenvalue weighted by Gasteiger charge is 2.25. The number of hydrogen-bond donors (Lipinski definition) is 0. The Hall–Kier alpha value is -2.51. The van der Waals surface area contributed by atoms with Crippen molar-refractivity contribution in [1.29, 1.82) is 0 Å². The van der Waals surface area contributed by atoms with Gasteiger partial charge in [0.25, 0.3) is 0 Å². The molecule has 1 aromatic heterocycles. The van der Waals surface area contributed by atoms with Crippen molar-refractivity contribution < 1.29 is 23.5 Å². The van der Waals surface area contributed by atoms with Crippen LogP contribution in [-0.2, 0) is 20.9 Å². The quantitative estimate of drug-likeness (QED) is 0.717. The first-order valence-corrected chi connectivity index (χ1v) is 8.76. The lowest BCUT2D eigenvalue weighted by Crippen LogP contribution is -2.48. The maximum absolute atomic E-state index is 12.4. The van der Waals surface area contributed by atoms with E-state index in [0.29, 0.717) is 31.9 Å². The van der Waals surface area contributed by atoms with Crippen LogP contribution in [0, 0.1) is 0 Å². The van der Waals surface area contributed by atoms with Crippen molar-refractivity contribution >= 4 is 18.4 Å². The first-order valence-electron chi connectivity index (χ1n) is 8.76. The van der Waals surface area contributed by atoms with E-state index in [1.807, 2.05) is 0 Å². The Bertz CT molecular complexity index is 601. The standard InChI is InChI=1S/C18H27N3O5/c1-18(2,3)26-17(24)21(13-15-5-4-12-25-15)7-6-16(23)20-10-8-19(14-22)9-11-20/h4-5,12,14H,6-11,13H2,1-3H3. The Balaban J connectivity index is 1.92. The van der Waals surface area contributed by atoms with Crippen molar-refractivity contribution in [3.63, 3.8) is 0 Å². The highest BCUT2D eigenvalue weighted by atomic mass is 16.6. The van der Waals surface area contributed by atoms with E-state index in [0.717, 1.165) is 6.41 Å². The van der Waals surface area contributed by atoms with Crippen LogP contribution in [-0.4, -0.2) is 71.4 Å². The van der Waals surface area contributed by atoms with Crippen molar-refractivity contribution in [1.82, 2.24) is 14.7 Å². The van der Waals surface area contributed by atoms with Gasteiger partial charge >= 0.3 is 6.09 Å². The van der Waals surface area contributed by atoms with E-state index in [4.69, 9.17) is 9.15 Å². The lowest BCUT2D eigenvalue weighted by atomic mass is 10.2. The maximum atomic E-state index is 12.4. The molecule has 26 heavy (non-hydrogen) atoms. The van der Waals surface area contributed by atoms with Crippen LogP contribution in [0.4, 0.5) is 4.79 Å². The van der Waals surface area contributed by atoms with Gasteiger partial charge in [0.15, 0.2) is 0 Å². The van der Waals surface area contributed by atoms with E-state index in [9.17, 15) is 14.4 Å². The summed E-state index contributed by atoms with van der Waals surface area (Å²) in [6, 6.07) is 3.53. The van der Waals surface area contributed by atoms with Gasteiger partial charge < -0.3 is 23.9 Å². The summed E-state index contributed by atoms with van der Waals surface area (Å²) in [4.78, 5) is 40.5. The number of piperazine rings is 1. The van der Waals surface area contributed by atoms with Crippen LogP contribution >= 0.6 is 0 Å². The Kier molecular flexibility index (Phi) is 6.65. The molecule has 0 bridgehead atoms. The predicted octanol–water partition coefficient (Wildman–Crippen LogP) is 1.71. The minimum Gasteiger partial charge on any atom is -0.467 e. The molecule has 144 valence electrons. The number of furan rings is 1. The zero-order valence-electron chi connectivity index (χ0n) is 15.6. The van der Waals surface area contributed by atoms with Crippen LogP contribution in [0.3, 0.4) is 0 Å². The fourth-order valence-electron chi connectivity index (χ4n) is 2.62. The molecule has 1 saturated heterocycles. The highest BCUT2D eigenvalue weighted by molar-refractivity contribution is 5.77. The molecular weight excluding hydrogens is 338 g/mol. The Morgan fingerprint density at radius 2 is 1.96 bits per heavy atom. The molecule has 8 nitrogen and oxygen atoms in total. The SMILES string of the molecule is CC(C)(C)OC(=O)N(CCC(=O)N1CCN(C=O)CC1)Cc1ccco1. The molecule has 0 unspecified atom stereocenters. The van der Waals surface area contributed by atoms with Gasteiger partial charge in [-0.15, -0.1) is 0 Å². The van der Waals surface area contributed by atoms with Crippen LogP contribution < -0.4 is 0 Å². The van der Waals surface area contributed by atoms with Crippen LogP contribution in [0.5, 0.6) is 0 Å². The second kappa shape index (κ2) is 8.73. The van der Waals surface area contributed by atoms with E-state index >= 15 is 0 Å². The first kappa shape index (κ1) is 19.8. The van der Waals surface area contributed by atoms with Crippen LogP contribution in [0.25, 0.3) is 0 Å². The molecule has 1 aliphatic rings. The normalized spacial score (nSPS) is 14.9. The number of ether oxygens (including phenoxy) is 1. The van der Waals surface area contributed by atoms with Crippen LogP contribution in [0.2, 0.25) is 0 Å². The van der Waals surface area contributed by atoms with Gasteiger partial charge in [0.05, 0.1) is 12.8 Å². The summed E-state index contributed by atoms with van der Waals surface area (Å²) in [5.41, 5.74) is -0.617. The van der Waals surface area contributed by atoms with Crippen molar-refractivity contribution in [2.45, 2.75) is 39.3 Å². The third kappa shape index (κ3) is 6.09. The number of hydrogen-bond acceptors (Lipinski definition) is 5. The summed E-state index contributed by atoms with van der Waals surface area (Å²) in [6.07, 6.45) is 2.06. The summed E-state index contributed by atoms with van der Waals surface area (Å²) in [7, 11) is 0. The monoisotopic (exact) mass is 365 g/mol. The molecule has 0 aliphatic carbocycles. The number of carbonyl (C=O) groups excluding carboxylic acids is 3. The maximum Gasteiger partial charge on any atom is 0.410 e. The van der Waals surface area contributed by atoms with E-state index in [-0.39, 0.29) is 25.4 Å². The Morgan fingerprint density at radius 3 is 2.50 bits per heavy atom. The highest BCUT2D eigenvalue weighted by Crippen LogP contribution is 2.14. The van der Waals surface area contributed by atoms with Crippen molar-refractivity contribution in [3.05, 3.63) is 24.2 Å². The van der Waals surface area contributed by atoms with E-state index in [2.05, 4.69) is 0 Å². The van der Waals surface area contributed by atoms with Gasteiger partial charge in [0, 0.05) is 39.1 Å². The molecule has 8 heteroatoms. The Morgan fingerprint density at radius 1 is 1.27 bits per heavy atom. The molecule has 2 rings (SSSR count). The van der Waals surface area contributed by atoms with E-state index < -0.39 is 11.7 Å². The molecule has 3 amide bonds. The lowest BCUT2D eigenvalue weighted by molar-refractivity contribution is -0.135. The summed E-state index contributed by atoms with van der Waals surface area (Å²) in [5, 5.41) is 0. The molecular formula is C18H27N3O5. The fraction of sp³-hybridized carbons (Fsp3) is 0.611. The summed E-state index contributed by atoms with van der Waals surface area (Å²) in [5.74, 6) is 0.589. The summed E-state index contributed by atoms with van der Waals surface area (Å²) >= 11 is 0. The number of amides is 3. The van der Waals surface area contributed by atoms with Crippen molar-refractivity contribution in [2.24, 2.45) is 0 Å². The zero-order valence-corrected chi connectivity index (χ0v) is 15.6. The molecule has 0 spiro atoms. The lowest BCUT2D eigenvalue weighted by Gasteiger charge is -2.33. The predicted molar refractivity (Wildman–Crippen MR) is 94.2 cm³/mol. The van der Waals surface area contributed by atoms with Gasteiger partial charge in [-0.25, -0.2) is 4.79 Å². The molecule has 0 saturated carbocycles. The van der Waals surface area contributed by atoms with Gasteiger partial charge in [0.1, 0.15) is 11.4 Å². The molecule has 0 aromatic carbocycles. The molecule has 0 radical (unpaired) electrons. The third-order valence-electron chi connectivity index (χ3n) is 3.99. The molecule has 0 atom stereocenters. The summed E-state index contributed by atoms with van der Waals surface area (Å²) < 4.78 is 10.7. The Labute approximate surface area is 153 Å². The molecule has 1 aliphatic heterocycles. The number of carbonyl (C=O) groups is 3. The largest absolute Gasteiger partial charge is 0.467 e.